The van der Waals surface area contributed by atoms with E-state index in [2.05, 4.69) is 22.0 Å². The van der Waals surface area contributed by atoms with Gasteiger partial charge in [-0.3, -0.25) is 23.8 Å². The van der Waals surface area contributed by atoms with E-state index in [1.54, 1.807) is 11.6 Å². The van der Waals surface area contributed by atoms with Gasteiger partial charge >= 0.3 is 5.69 Å². The second-order valence-electron chi connectivity index (χ2n) is 9.64. The molecular formula is C26H32ClN5O2. The van der Waals surface area contributed by atoms with Crippen LogP contribution >= 0.6 is 11.6 Å². The van der Waals surface area contributed by atoms with Crippen molar-refractivity contribution >= 4 is 29.7 Å². The molecule has 0 unspecified atom stereocenters. The zero-order chi connectivity index (χ0) is 23.7. The van der Waals surface area contributed by atoms with Crippen LogP contribution in [0.25, 0.3) is 12.2 Å². The van der Waals surface area contributed by atoms with Crippen LogP contribution in [0, 0.1) is 5.92 Å². The molecule has 5 rings (SSSR count). The standard InChI is InChI=1S/C26H32ClN5O2/c1-29-24-17-21(27)3-2-4-23(24)32(26(29)34)22-9-15-31(16-10-22)25(33)20-7-13-30(14-8-20)18-19-5-11-28-12-6-19/h2,4-6,11-12,17,20,22H,3,7-10,13-16,18H2,1H3. The van der Waals surface area contributed by atoms with Crippen LogP contribution in [0.15, 0.2) is 40.4 Å². The molecule has 2 aromatic rings. The summed E-state index contributed by atoms with van der Waals surface area (Å²) in [5, 5.41) is 0.731. The Morgan fingerprint density at radius 2 is 1.76 bits per heavy atom. The number of amides is 1. The first-order valence-electron chi connectivity index (χ1n) is 12.2. The third-order valence-corrected chi connectivity index (χ3v) is 7.76. The third-order valence-electron chi connectivity index (χ3n) is 7.49. The topological polar surface area (TPSA) is 63.4 Å². The molecule has 0 spiro atoms. The van der Waals surface area contributed by atoms with E-state index < -0.39 is 0 Å². The number of imidazole rings is 1. The highest BCUT2D eigenvalue weighted by Gasteiger charge is 2.32. The van der Waals surface area contributed by atoms with Gasteiger partial charge < -0.3 is 4.90 Å². The number of hydrogen-bond donors (Lipinski definition) is 0. The first kappa shape index (κ1) is 23.1. The number of nitrogens with zero attached hydrogens (tertiary/aromatic N) is 5. The Kier molecular flexibility index (Phi) is 6.75. The van der Waals surface area contributed by atoms with Crippen molar-refractivity contribution in [3.05, 3.63) is 63.1 Å². The zero-order valence-electron chi connectivity index (χ0n) is 19.7. The van der Waals surface area contributed by atoms with Crippen molar-refractivity contribution in [1.29, 1.82) is 0 Å². The lowest BCUT2D eigenvalue weighted by Gasteiger charge is -2.37. The van der Waals surface area contributed by atoms with Crippen LogP contribution in [0.4, 0.5) is 0 Å². The minimum atomic E-state index is -0.0105. The highest BCUT2D eigenvalue weighted by atomic mass is 35.5. The number of fused-ring (bicyclic) bond motifs is 1. The Labute approximate surface area is 205 Å². The Bertz CT molecular complexity index is 1150. The first-order chi connectivity index (χ1) is 16.5. The fourth-order valence-corrected chi connectivity index (χ4v) is 5.72. The van der Waals surface area contributed by atoms with E-state index in [-0.39, 0.29) is 23.6 Å². The van der Waals surface area contributed by atoms with Gasteiger partial charge in [0.1, 0.15) is 0 Å². The van der Waals surface area contributed by atoms with Gasteiger partial charge in [-0.05, 0) is 68.6 Å². The molecule has 0 bridgehead atoms. The van der Waals surface area contributed by atoms with Crippen molar-refractivity contribution in [3.8, 4) is 0 Å². The van der Waals surface area contributed by atoms with E-state index in [0.29, 0.717) is 19.5 Å². The number of pyridine rings is 1. The van der Waals surface area contributed by atoms with E-state index in [4.69, 9.17) is 11.6 Å². The second kappa shape index (κ2) is 9.92. The van der Waals surface area contributed by atoms with E-state index >= 15 is 0 Å². The molecule has 34 heavy (non-hydrogen) atoms. The van der Waals surface area contributed by atoms with E-state index in [1.165, 1.54) is 5.56 Å². The smallest absolute Gasteiger partial charge is 0.329 e. The lowest BCUT2D eigenvalue weighted by Crippen LogP contribution is -2.46. The number of carbonyl (C=O) groups is 1. The summed E-state index contributed by atoms with van der Waals surface area (Å²) in [6.07, 6.45) is 13.7. The highest BCUT2D eigenvalue weighted by Crippen LogP contribution is 2.30. The lowest BCUT2D eigenvalue weighted by molar-refractivity contribution is -0.138. The summed E-state index contributed by atoms with van der Waals surface area (Å²) in [6, 6.07) is 4.21. The molecule has 7 nitrogen and oxygen atoms in total. The van der Waals surface area contributed by atoms with E-state index in [1.807, 2.05) is 40.1 Å². The average Bonchev–Trinajstić information content (AvgIpc) is 2.98. The molecule has 2 aromatic heterocycles. The number of carbonyl (C=O) groups excluding carboxylic acids is 1. The summed E-state index contributed by atoms with van der Waals surface area (Å²) >= 11 is 6.28. The van der Waals surface area contributed by atoms with E-state index in [0.717, 1.165) is 61.7 Å². The van der Waals surface area contributed by atoms with Crippen molar-refractivity contribution in [2.24, 2.45) is 13.0 Å². The third kappa shape index (κ3) is 4.64. The fraction of sp³-hybridized carbons (Fsp3) is 0.500. The van der Waals surface area contributed by atoms with Crippen molar-refractivity contribution in [2.75, 3.05) is 26.2 Å². The Morgan fingerprint density at radius 1 is 1.06 bits per heavy atom. The molecule has 0 aromatic carbocycles. The molecule has 2 fully saturated rings. The van der Waals surface area contributed by atoms with Gasteiger partial charge in [-0.2, -0.15) is 0 Å². The number of allylic oxidation sites excluding steroid dienone is 2. The maximum Gasteiger partial charge on any atom is 0.329 e. The van der Waals surface area contributed by atoms with Gasteiger partial charge in [0.15, 0.2) is 0 Å². The zero-order valence-corrected chi connectivity index (χ0v) is 20.5. The molecule has 3 aliphatic rings. The van der Waals surface area contributed by atoms with E-state index in [9.17, 15) is 9.59 Å². The van der Waals surface area contributed by atoms with Crippen LogP contribution < -0.4 is 5.69 Å². The van der Waals surface area contributed by atoms with Crippen LogP contribution in [-0.2, 0) is 18.4 Å². The molecular weight excluding hydrogens is 450 g/mol. The van der Waals surface area contributed by atoms with Gasteiger partial charge in [-0.15, -0.1) is 0 Å². The van der Waals surface area contributed by atoms with Crippen molar-refractivity contribution in [2.45, 2.75) is 44.7 Å². The fourth-order valence-electron chi connectivity index (χ4n) is 5.53. The maximum atomic E-state index is 13.2. The summed E-state index contributed by atoms with van der Waals surface area (Å²) in [5.41, 5.74) is 3.04. The summed E-state index contributed by atoms with van der Waals surface area (Å²) in [6.45, 7) is 4.22. The van der Waals surface area contributed by atoms with Crippen LogP contribution in [0.3, 0.4) is 0 Å². The molecule has 0 N–H and O–H groups in total. The predicted octanol–water partition coefficient (Wildman–Crippen LogP) is 3.65. The molecule has 8 heteroatoms. The minimum absolute atomic E-state index is 0.0105. The van der Waals surface area contributed by atoms with Crippen LogP contribution in [-0.4, -0.2) is 56.0 Å². The summed E-state index contributed by atoms with van der Waals surface area (Å²) in [4.78, 5) is 34.8. The van der Waals surface area contributed by atoms with Gasteiger partial charge in [0.05, 0.1) is 11.4 Å². The molecule has 4 heterocycles. The Balaban J connectivity index is 1.19. The largest absolute Gasteiger partial charge is 0.342 e. The Hall–Kier alpha value is -2.64. The lowest BCUT2D eigenvalue weighted by atomic mass is 9.93. The minimum Gasteiger partial charge on any atom is -0.342 e. The highest BCUT2D eigenvalue weighted by molar-refractivity contribution is 6.31. The monoisotopic (exact) mass is 481 g/mol. The number of piperidine rings is 2. The summed E-state index contributed by atoms with van der Waals surface area (Å²) in [5.74, 6) is 0.395. The molecule has 0 radical (unpaired) electrons. The maximum absolute atomic E-state index is 13.2. The quantitative estimate of drug-likeness (QED) is 0.668. The van der Waals surface area contributed by atoms with Gasteiger partial charge in [0.2, 0.25) is 5.91 Å². The molecule has 1 aliphatic carbocycles. The number of rotatable bonds is 4. The second-order valence-corrected chi connectivity index (χ2v) is 10.1. The first-order valence-corrected chi connectivity index (χ1v) is 12.6. The molecule has 180 valence electrons. The van der Waals surface area contributed by atoms with Crippen LogP contribution in [0.2, 0.25) is 0 Å². The van der Waals surface area contributed by atoms with Crippen LogP contribution in [0.1, 0.15) is 55.1 Å². The van der Waals surface area contributed by atoms with Crippen molar-refractivity contribution in [3.63, 3.8) is 0 Å². The Morgan fingerprint density at radius 3 is 2.47 bits per heavy atom. The van der Waals surface area contributed by atoms with Gasteiger partial charge in [0.25, 0.3) is 0 Å². The normalized spacial score (nSPS) is 20.2. The van der Waals surface area contributed by atoms with Crippen molar-refractivity contribution in [1.82, 2.24) is 23.9 Å². The van der Waals surface area contributed by atoms with Crippen LogP contribution in [0.5, 0.6) is 0 Å². The molecule has 1 amide bonds. The predicted molar refractivity (Wildman–Crippen MR) is 134 cm³/mol. The molecule has 0 atom stereocenters. The SMILES string of the molecule is Cn1c2c(n(C3CCN(C(=O)C4CCN(Cc5ccncc5)CC4)CC3)c1=O)C=CCC(Cl)=C2. The summed E-state index contributed by atoms with van der Waals surface area (Å²) in [7, 11) is 1.80. The number of likely N-dealkylation sites (tertiary alicyclic amines) is 2. The number of halogens is 1. The molecule has 2 aliphatic heterocycles. The number of aromatic nitrogens is 3. The average molecular weight is 482 g/mol. The van der Waals surface area contributed by atoms with Gasteiger partial charge in [0, 0.05) is 62.5 Å². The van der Waals surface area contributed by atoms with Crippen molar-refractivity contribution < 1.29 is 4.79 Å². The molecule has 0 saturated carbocycles. The summed E-state index contributed by atoms with van der Waals surface area (Å²) < 4.78 is 3.60. The van der Waals surface area contributed by atoms with Gasteiger partial charge in [-0.1, -0.05) is 17.7 Å². The molecule has 2 saturated heterocycles. The van der Waals surface area contributed by atoms with Gasteiger partial charge in [-0.25, -0.2) is 4.79 Å². The number of hydrogen-bond acceptors (Lipinski definition) is 4.